The van der Waals surface area contributed by atoms with Crippen molar-refractivity contribution in [1.82, 2.24) is 9.78 Å². The smallest absolute Gasteiger partial charge is 0.140 e. The number of benzene rings is 1. The number of fused-ring (bicyclic) bond motifs is 1. The van der Waals surface area contributed by atoms with Gasteiger partial charge in [-0.25, -0.2) is 4.68 Å². The number of hydrogen-bond donors (Lipinski definition) is 0. The van der Waals surface area contributed by atoms with Gasteiger partial charge < -0.3 is 4.74 Å². The van der Waals surface area contributed by atoms with Crippen LogP contribution in [0.25, 0.3) is 10.9 Å². The van der Waals surface area contributed by atoms with Crippen molar-refractivity contribution in [3.63, 3.8) is 0 Å². The van der Waals surface area contributed by atoms with E-state index < -0.39 is 8.07 Å². The van der Waals surface area contributed by atoms with Crippen LogP contribution in [0.15, 0.2) is 28.9 Å². The van der Waals surface area contributed by atoms with Gasteiger partial charge >= 0.3 is 0 Å². The second-order valence-electron chi connectivity index (χ2n) is 5.67. The summed E-state index contributed by atoms with van der Waals surface area (Å²) in [4.78, 5) is 0. The van der Waals surface area contributed by atoms with Gasteiger partial charge in [0, 0.05) is 24.5 Å². The Kier molecular flexibility index (Phi) is 4.24. The third kappa shape index (κ3) is 3.43. The maximum Gasteiger partial charge on any atom is 0.140 e. The van der Waals surface area contributed by atoms with Crippen LogP contribution >= 0.6 is 15.9 Å². The zero-order valence-corrected chi connectivity index (χ0v) is 13.7. The molecular weight excluding hydrogens is 308 g/mol. The average molecular weight is 327 g/mol. The van der Waals surface area contributed by atoms with E-state index in [0.29, 0.717) is 6.73 Å². The molecule has 98 valence electrons. The molecule has 0 amide bonds. The first-order valence-electron chi connectivity index (χ1n) is 6.15. The highest BCUT2D eigenvalue weighted by Crippen LogP contribution is 2.23. The molecule has 0 atom stereocenters. The number of halogens is 1. The Morgan fingerprint density at radius 2 is 2.11 bits per heavy atom. The quantitative estimate of drug-likeness (QED) is 0.610. The van der Waals surface area contributed by atoms with Crippen LogP contribution in [0.1, 0.15) is 0 Å². The van der Waals surface area contributed by atoms with E-state index in [-0.39, 0.29) is 0 Å². The summed E-state index contributed by atoms with van der Waals surface area (Å²) in [5, 5.41) is 5.50. The predicted octanol–water partition coefficient (Wildman–Crippen LogP) is 4.11. The van der Waals surface area contributed by atoms with E-state index in [9.17, 15) is 0 Å². The summed E-state index contributed by atoms with van der Waals surface area (Å²) in [6.07, 6.45) is 1.88. The summed E-state index contributed by atoms with van der Waals surface area (Å²) >= 11 is 3.56. The molecule has 0 radical (unpaired) electrons. The summed E-state index contributed by atoms with van der Waals surface area (Å²) in [6, 6.07) is 7.30. The minimum atomic E-state index is -1.01. The number of aromatic nitrogens is 2. The van der Waals surface area contributed by atoms with Gasteiger partial charge in [0.25, 0.3) is 0 Å². The van der Waals surface area contributed by atoms with Gasteiger partial charge in [0.05, 0.1) is 11.7 Å². The van der Waals surface area contributed by atoms with Crippen LogP contribution in [0.5, 0.6) is 0 Å². The van der Waals surface area contributed by atoms with Crippen LogP contribution in [-0.2, 0) is 11.5 Å². The largest absolute Gasteiger partial charge is 0.360 e. The molecule has 0 aliphatic carbocycles. The Morgan fingerprint density at radius 3 is 2.83 bits per heavy atom. The second-order valence-corrected chi connectivity index (χ2v) is 12.1. The van der Waals surface area contributed by atoms with Crippen molar-refractivity contribution in [1.29, 1.82) is 0 Å². The molecule has 0 N–H and O–H groups in total. The lowest BCUT2D eigenvalue weighted by Crippen LogP contribution is -2.22. The maximum absolute atomic E-state index is 5.73. The molecule has 0 aliphatic rings. The van der Waals surface area contributed by atoms with Crippen molar-refractivity contribution in [2.24, 2.45) is 0 Å². The molecule has 1 heterocycles. The highest BCUT2D eigenvalue weighted by atomic mass is 79.9. The molecule has 0 saturated carbocycles. The van der Waals surface area contributed by atoms with Crippen LogP contribution in [0.3, 0.4) is 0 Å². The zero-order chi connectivity index (χ0) is 13.2. The number of para-hydroxylation sites is 1. The predicted molar refractivity (Wildman–Crippen MR) is 81.5 cm³/mol. The van der Waals surface area contributed by atoms with Gasteiger partial charge in [-0.1, -0.05) is 31.8 Å². The molecule has 0 aliphatic heterocycles. The van der Waals surface area contributed by atoms with Crippen molar-refractivity contribution in [2.75, 3.05) is 6.61 Å². The van der Waals surface area contributed by atoms with E-state index in [0.717, 1.165) is 22.0 Å². The summed E-state index contributed by atoms with van der Waals surface area (Å²) in [7, 11) is -1.01. The van der Waals surface area contributed by atoms with Crippen LogP contribution in [0, 0.1) is 0 Å². The van der Waals surface area contributed by atoms with Crippen molar-refractivity contribution in [2.45, 2.75) is 32.4 Å². The number of rotatable bonds is 5. The third-order valence-electron chi connectivity index (χ3n) is 2.82. The summed E-state index contributed by atoms with van der Waals surface area (Å²) in [5.41, 5.74) is 1.10. The molecule has 3 nitrogen and oxygen atoms in total. The fourth-order valence-electron chi connectivity index (χ4n) is 1.73. The van der Waals surface area contributed by atoms with Gasteiger partial charge in [-0.05, 0) is 28.0 Å². The topological polar surface area (TPSA) is 27.1 Å². The first-order valence-corrected chi connectivity index (χ1v) is 10.7. The van der Waals surface area contributed by atoms with E-state index in [1.54, 1.807) is 0 Å². The fourth-order valence-corrected chi connectivity index (χ4v) is 3.07. The fraction of sp³-hybridized carbons (Fsp3) is 0.462. The van der Waals surface area contributed by atoms with E-state index in [4.69, 9.17) is 4.74 Å². The highest BCUT2D eigenvalue weighted by Gasteiger charge is 2.12. The van der Waals surface area contributed by atoms with E-state index in [2.05, 4.69) is 46.7 Å². The molecule has 0 spiro atoms. The van der Waals surface area contributed by atoms with Crippen LogP contribution in [-0.4, -0.2) is 24.5 Å². The zero-order valence-electron chi connectivity index (χ0n) is 11.1. The lowest BCUT2D eigenvalue weighted by atomic mass is 10.3. The van der Waals surface area contributed by atoms with Crippen molar-refractivity contribution >= 4 is 34.9 Å². The lowest BCUT2D eigenvalue weighted by molar-refractivity contribution is 0.0816. The van der Waals surface area contributed by atoms with Crippen LogP contribution < -0.4 is 0 Å². The molecule has 0 fully saturated rings. The molecule has 1 aromatic carbocycles. The Morgan fingerprint density at radius 1 is 1.33 bits per heavy atom. The lowest BCUT2D eigenvalue weighted by Gasteiger charge is -2.15. The third-order valence-corrected chi connectivity index (χ3v) is 5.17. The molecule has 0 bridgehead atoms. The normalized spacial score (nSPS) is 12.2. The van der Waals surface area contributed by atoms with Crippen molar-refractivity contribution in [3.8, 4) is 0 Å². The maximum atomic E-state index is 5.73. The first kappa shape index (κ1) is 13.8. The Labute approximate surface area is 117 Å². The molecule has 2 rings (SSSR count). The summed E-state index contributed by atoms with van der Waals surface area (Å²) in [5.74, 6) is 0. The summed E-state index contributed by atoms with van der Waals surface area (Å²) in [6.45, 7) is 8.42. The van der Waals surface area contributed by atoms with Gasteiger partial charge in [-0.2, -0.15) is 5.10 Å². The molecular formula is C13H19BrN2OSi. The number of ether oxygens (including phenoxy) is 1. The van der Waals surface area contributed by atoms with E-state index in [1.165, 1.54) is 6.04 Å². The average Bonchev–Trinajstić information content (AvgIpc) is 2.68. The molecule has 0 unspecified atom stereocenters. The van der Waals surface area contributed by atoms with Gasteiger partial charge in [0.15, 0.2) is 0 Å². The van der Waals surface area contributed by atoms with E-state index >= 15 is 0 Å². The van der Waals surface area contributed by atoms with E-state index in [1.807, 2.05) is 23.0 Å². The standard InChI is InChI=1S/C13H19BrN2OSi/c1-18(2,3)8-7-17-10-16-13-11(9-15-16)5-4-6-12(13)14/h4-6,9H,7-8,10H2,1-3H3. The monoisotopic (exact) mass is 326 g/mol. The first-order chi connectivity index (χ1) is 8.47. The van der Waals surface area contributed by atoms with Crippen molar-refractivity contribution in [3.05, 3.63) is 28.9 Å². The molecule has 1 aromatic heterocycles. The van der Waals surface area contributed by atoms with Gasteiger partial charge in [0.1, 0.15) is 6.73 Å². The van der Waals surface area contributed by atoms with Gasteiger partial charge in [-0.15, -0.1) is 0 Å². The Bertz CT molecular complexity index is 533. The van der Waals surface area contributed by atoms with Crippen LogP contribution in [0.2, 0.25) is 25.7 Å². The second kappa shape index (κ2) is 5.55. The summed E-state index contributed by atoms with van der Waals surface area (Å²) < 4.78 is 8.70. The molecule has 2 aromatic rings. The molecule has 0 saturated heterocycles. The Balaban J connectivity index is 2.00. The van der Waals surface area contributed by atoms with Gasteiger partial charge in [0.2, 0.25) is 0 Å². The highest BCUT2D eigenvalue weighted by molar-refractivity contribution is 9.10. The molecule has 5 heteroatoms. The van der Waals surface area contributed by atoms with Crippen molar-refractivity contribution < 1.29 is 4.74 Å². The number of nitrogens with zero attached hydrogens (tertiary/aromatic N) is 2. The number of hydrogen-bond acceptors (Lipinski definition) is 2. The Hall–Kier alpha value is -0.653. The van der Waals surface area contributed by atoms with Crippen LogP contribution in [0.4, 0.5) is 0 Å². The SMILES string of the molecule is C[Si](C)(C)CCOCn1ncc2cccc(Br)c21. The minimum absolute atomic E-state index is 0.524. The van der Waals surface area contributed by atoms with Gasteiger partial charge in [-0.3, -0.25) is 0 Å². The molecule has 18 heavy (non-hydrogen) atoms. The minimum Gasteiger partial charge on any atom is -0.360 e.